The van der Waals surface area contributed by atoms with Crippen molar-refractivity contribution in [3.63, 3.8) is 0 Å². The minimum Gasteiger partial charge on any atom is -0.459 e. The number of nitrogens with zero attached hydrogens (tertiary/aromatic N) is 3. The third kappa shape index (κ3) is 5.60. The van der Waals surface area contributed by atoms with Crippen LogP contribution in [0.2, 0.25) is 0 Å². The second-order valence-electron chi connectivity index (χ2n) is 9.91. The van der Waals surface area contributed by atoms with E-state index in [9.17, 15) is 9.59 Å². The summed E-state index contributed by atoms with van der Waals surface area (Å²) < 4.78 is 15.6. The second-order valence-corrected chi connectivity index (χ2v) is 9.91. The van der Waals surface area contributed by atoms with Crippen LogP contribution in [-0.4, -0.2) is 57.9 Å². The molecule has 4 rings (SSSR count). The Bertz CT molecular complexity index is 1110. The molecule has 1 aliphatic heterocycles. The van der Waals surface area contributed by atoms with Gasteiger partial charge in [-0.1, -0.05) is 37.5 Å². The van der Waals surface area contributed by atoms with Gasteiger partial charge in [-0.05, 0) is 50.8 Å². The van der Waals surface area contributed by atoms with Gasteiger partial charge in [0.2, 0.25) is 6.29 Å². The topological polar surface area (TPSA) is 85.9 Å². The Kier molecular flexibility index (Phi) is 8.69. The number of carbonyl (C=O) groups excluding carboxylic acids is 1. The Balaban J connectivity index is 1.66. The molecule has 2 aliphatic rings. The summed E-state index contributed by atoms with van der Waals surface area (Å²) in [6, 6.07) is 9.76. The van der Waals surface area contributed by atoms with Crippen molar-refractivity contribution in [3.05, 3.63) is 63.8 Å². The first-order chi connectivity index (χ1) is 17.4. The highest BCUT2D eigenvalue weighted by atomic mass is 16.7. The molecule has 8 heteroatoms. The standard InChI is InChI=1S/C28H39N3O5/c1-20-26(28(34)31(30(20)3)23-14-8-5-9-15-23)21-18-24(36-25(19-21)35-17-11-10-16-32)27(33)29(2)22-12-6-4-7-13-22/h5,8-9,14-15,18,21-22,25,32H,4,6-7,10-13,16-17,19H2,1-3H3/t21-,25+/m1/s1. The van der Waals surface area contributed by atoms with E-state index in [1.54, 1.807) is 9.58 Å². The zero-order valence-corrected chi connectivity index (χ0v) is 21.7. The van der Waals surface area contributed by atoms with Crippen molar-refractivity contribution in [3.8, 4) is 5.69 Å². The zero-order chi connectivity index (χ0) is 25.7. The lowest BCUT2D eigenvalue weighted by molar-refractivity contribution is -0.153. The highest BCUT2D eigenvalue weighted by Crippen LogP contribution is 2.33. The summed E-state index contributed by atoms with van der Waals surface area (Å²) in [7, 11) is 3.72. The van der Waals surface area contributed by atoms with Gasteiger partial charge in [-0.2, -0.15) is 0 Å². The van der Waals surface area contributed by atoms with Gasteiger partial charge < -0.3 is 19.5 Å². The smallest absolute Gasteiger partial charge is 0.288 e. The fraction of sp³-hybridized carbons (Fsp3) is 0.571. The van der Waals surface area contributed by atoms with Crippen LogP contribution in [0.3, 0.4) is 0 Å². The quantitative estimate of drug-likeness (QED) is 0.533. The van der Waals surface area contributed by atoms with E-state index < -0.39 is 6.29 Å². The lowest BCUT2D eigenvalue weighted by Gasteiger charge is -2.34. The second kappa shape index (κ2) is 11.9. The number of aliphatic hydroxyl groups excluding tert-OH is 1. The third-order valence-electron chi connectivity index (χ3n) is 7.54. The van der Waals surface area contributed by atoms with E-state index in [-0.39, 0.29) is 35.8 Å². The minimum atomic E-state index is -0.637. The van der Waals surface area contributed by atoms with E-state index in [2.05, 4.69) is 0 Å². The molecule has 2 aromatic rings. The van der Waals surface area contributed by atoms with Gasteiger partial charge in [0.25, 0.3) is 11.5 Å². The Morgan fingerprint density at radius 1 is 1.17 bits per heavy atom. The minimum absolute atomic E-state index is 0.101. The third-order valence-corrected chi connectivity index (χ3v) is 7.54. The maximum absolute atomic E-state index is 13.7. The van der Waals surface area contributed by atoms with Crippen molar-refractivity contribution in [2.75, 3.05) is 20.3 Å². The largest absolute Gasteiger partial charge is 0.459 e. The lowest BCUT2D eigenvalue weighted by atomic mass is 9.92. The van der Waals surface area contributed by atoms with Crippen molar-refractivity contribution in [2.45, 2.75) is 76.5 Å². The SMILES string of the molecule is Cc1c([C@@H]2C=C(C(=O)N(C)C3CCCCC3)O[C@H](OCCCCO)C2)c(=O)n(-c2ccccc2)n1C. The summed E-state index contributed by atoms with van der Waals surface area (Å²) in [5.74, 6) is -0.225. The number of amides is 1. The van der Waals surface area contributed by atoms with Crippen LogP contribution in [0.1, 0.15) is 68.5 Å². The number of aliphatic hydroxyl groups is 1. The van der Waals surface area contributed by atoms with Crippen molar-refractivity contribution in [2.24, 2.45) is 7.05 Å². The fourth-order valence-corrected chi connectivity index (χ4v) is 5.36. The Morgan fingerprint density at radius 2 is 1.89 bits per heavy atom. The maximum atomic E-state index is 13.7. The van der Waals surface area contributed by atoms with Crippen molar-refractivity contribution in [1.82, 2.24) is 14.3 Å². The number of rotatable bonds is 9. The number of carbonyl (C=O) groups is 1. The number of benzene rings is 1. The van der Waals surface area contributed by atoms with Crippen molar-refractivity contribution >= 4 is 5.91 Å². The van der Waals surface area contributed by atoms with Crippen LogP contribution in [0.25, 0.3) is 5.69 Å². The molecule has 0 radical (unpaired) electrons. The number of hydrogen-bond donors (Lipinski definition) is 1. The molecule has 0 unspecified atom stereocenters. The number of allylic oxidation sites excluding steroid dienone is 1. The monoisotopic (exact) mass is 497 g/mol. The number of ether oxygens (including phenoxy) is 2. The van der Waals surface area contributed by atoms with Gasteiger partial charge in [-0.3, -0.25) is 14.3 Å². The highest BCUT2D eigenvalue weighted by Gasteiger charge is 2.35. The van der Waals surface area contributed by atoms with Gasteiger partial charge >= 0.3 is 0 Å². The summed E-state index contributed by atoms with van der Waals surface area (Å²) in [6.45, 7) is 2.46. The summed E-state index contributed by atoms with van der Waals surface area (Å²) in [6.07, 6.45) is 8.42. The summed E-state index contributed by atoms with van der Waals surface area (Å²) in [5, 5.41) is 9.09. The molecule has 2 heterocycles. The Morgan fingerprint density at radius 3 is 2.58 bits per heavy atom. The van der Waals surface area contributed by atoms with Gasteiger partial charge in [0.1, 0.15) is 0 Å². The van der Waals surface area contributed by atoms with Crippen LogP contribution in [-0.2, 0) is 21.3 Å². The molecule has 1 aliphatic carbocycles. The molecule has 196 valence electrons. The molecule has 1 aromatic heterocycles. The summed E-state index contributed by atoms with van der Waals surface area (Å²) >= 11 is 0. The molecule has 8 nitrogen and oxygen atoms in total. The van der Waals surface area contributed by atoms with Crippen molar-refractivity contribution in [1.29, 1.82) is 0 Å². The van der Waals surface area contributed by atoms with Crippen LogP contribution >= 0.6 is 0 Å². The number of likely N-dealkylation sites (N-methyl/N-ethyl adjacent to an activating group) is 1. The first-order valence-electron chi connectivity index (χ1n) is 13.1. The van der Waals surface area contributed by atoms with E-state index in [0.717, 1.165) is 37.1 Å². The van der Waals surface area contributed by atoms with Crippen LogP contribution < -0.4 is 5.56 Å². The van der Waals surface area contributed by atoms with E-state index in [0.29, 0.717) is 31.4 Å². The lowest BCUT2D eigenvalue weighted by Crippen LogP contribution is -2.41. The normalized spacial score (nSPS) is 20.6. The average Bonchev–Trinajstić information content (AvgIpc) is 3.14. The molecule has 1 amide bonds. The summed E-state index contributed by atoms with van der Waals surface area (Å²) in [5.41, 5.74) is 2.19. The number of unbranched alkanes of at least 4 members (excludes halogenated alkanes) is 1. The van der Waals surface area contributed by atoms with Gasteiger partial charge in [-0.15, -0.1) is 0 Å². The number of aromatic nitrogens is 2. The van der Waals surface area contributed by atoms with Crippen LogP contribution in [0.5, 0.6) is 0 Å². The molecule has 2 atom stereocenters. The maximum Gasteiger partial charge on any atom is 0.288 e. The first-order valence-corrected chi connectivity index (χ1v) is 13.1. The zero-order valence-electron chi connectivity index (χ0n) is 21.7. The molecule has 1 aromatic carbocycles. The van der Waals surface area contributed by atoms with Gasteiger partial charge in [0, 0.05) is 50.3 Å². The predicted molar refractivity (Wildman–Crippen MR) is 138 cm³/mol. The van der Waals surface area contributed by atoms with E-state index in [4.69, 9.17) is 14.6 Å². The molecule has 0 spiro atoms. The molecule has 1 fully saturated rings. The Hall–Kier alpha value is -2.84. The number of para-hydroxylation sites is 1. The summed E-state index contributed by atoms with van der Waals surface area (Å²) in [4.78, 5) is 29.0. The van der Waals surface area contributed by atoms with Gasteiger partial charge in [0.15, 0.2) is 5.76 Å². The van der Waals surface area contributed by atoms with Crippen LogP contribution in [0.15, 0.2) is 47.0 Å². The molecule has 1 N–H and O–H groups in total. The molecular weight excluding hydrogens is 458 g/mol. The fourth-order valence-electron chi connectivity index (χ4n) is 5.36. The van der Waals surface area contributed by atoms with Crippen molar-refractivity contribution < 1.29 is 19.4 Å². The molecule has 0 saturated heterocycles. The van der Waals surface area contributed by atoms with E-state index in [1.807, 2.05) is 62.1 Å². The number of hydrogen-bond acceptors (Lipinski definition) is 5. The van der Waals surface area contributed by atoms with E-state index >= 15 is 0 Å². The van der Waals surface area contributed by atoms with Crippen LogP contribution in [0, 0.1) is 6.92 Å². The van der Waals surface area contributed by atoms with E-state index in [1.165, 1.54) is 6.42 Å². The van der Waals surface area contributed by atoms with Gasteiger partial charge in [0.05, 0.1) is 12.3 Å². The Labute approximate surface area is 213 Å². The molecule has 36 heavy (non-hydrogen) atoms. The molecular formula is C28H39N3O5. The van der Waals surface area contributed by atoms with Gasteiger partial charge in [-0.25, -0.2) is 4.68 Å². The molecule has 1 saturated carbocycles. The highest BCUT2D eigenvalue weighted by molar-refractivity contribution is 5.91. The van der Waals surface area contributed by atoms with Crippen LogP contribution in [0.4, 0.5) is 0 Å². The predicted octanol–water partition coefficient (Wildman–Crippen LogP) is 3.78. The average molecular weight is 498 g/mol. The molecule has 0 bridgehead atoms. The first kappa shape index (κ1) is 26.2.